The van der Waals surface area contributed by atoms with Crippen LogP contribution in [0.3, 0.4) is 0 Å². The smallest absolute Gasteiger partial charge is 0.0991 e. The summed E-state index contributed by atoms with van der Waals surface area (Å²) < 4.78 is 0. The van der Waals surface area contributed by atoms with Crippen LogP contribution in [0.5, 0.6) is 0 Å². The highest BCUT2D eigenvalue weighted by Gasteiger charge is 2.10. The first-order chi connectivity index (χ1) is 7.22. The van der Waals surface area contributed by atoms with Crippen molar-refractivity contribution in [1.82, 2.24) is 0 Å². The molecule has 0 fully saturated rings. The Morgan fingerprint density at radius 3 is 2.80 bits per heavy atom. The molecule has 74 valence electrons. The molecule has 2 nitrogen and oxygen atoms in total. The minimum absolute atomic E-state index is 0.606. The van der Waals surface area contributed by atoms with Crippen molar-refractivity contribution in [3.8, 4) is 18.4 Å². The minimum atomic E-state index is 0.606. The number of rotatable bonds is 1. The lowest BCUT2D eigenvalue weighted by atomic mass is 9.96. The highest BCUT2D eigenvalue weighted by molar-refractivity contribution is 6.13. The molecule has 1 aliphatic rings. The van der Waals surface area contributed by atoms with Crippen LogP contribution in [-0.2, 0) is 0 Å². The van der Waals surface area contributed by atoms with Crippen LogP contribution in [0.4, 0.5) is 0 Å². The third-order valence-corrected chi connectivity index (χ3v) is 2.07. The largest absolute Gasteiger partial charge is 0.285 e. The summed E-state index contributed by atoms with van der Waals surface area (Å²) in [6.45, 7) is 4.52. The zero-order valence-corrected chi connectivity index (χ0v) is 8.91. The van der Waals surface area contributed by atoms with Crippen LogP contribution >= 0.6 is 0 Å². The van der Waals surface area contributed by atoms with Crippen LogP contribution in [0.2, 0.25) is 0 Å². The molecule has 15 heavy (non-hydrogen) atoms. The van der Waals surface area contributed by atoms with Gasteiger partial charge in [0, 0.05) is 17.7 Å². The van der Waals surface area contributed by atoms with Gasteiger partial charge in [0.15, 0.2) is 0 Å². The Hall–Kier alpha value is -2.06. The maximum absolute atomic E-state index is 8.80. The number of terminal acetylenes is 1. The van der Waals surface area contributed by atoms with Gasteiger partial charge < -0.3 is 0 Å². The van der Waals surface area contributed by atoms with Crippen molar-refractivity contribution in [2.45, 2.75) is 13.8 Å². The van der Waals surface area contributed by atoms with E-state index >= 15 is 0 Å². The van der Waals surface area contributed by atoms with E-state index in [9.17, 15) is 0 Å². The standard InChI is InChI=1S/C13H12N2/c1-4-10(3)12-8-11(9-14)6-7-13(12)15-5-2/h1,6-8H,5H2,2-3H3/b12-10-,15-13?. The van der Waals surface area contributed by atoms with E-state index in [0.29, 0.717) is 12.1 Å². The number of aliphatic imine (C=N–C) groups is 1. The number of nitrogens with zero attached hydrogens (tertiary/aromatic N) is 2. The SMILES string of the molecule is C#C/C(C)=C1/C=C(C#N)C=CC1=NCC. The fourth-order valence-corrected chi connectivity index (χ4v) is 1.29. The third-order valence-electron chi connectivity index (χ3n) is 2.07. The first kappa shape index (κ1) is 11.0. The van der Waals surface area contributed by atoms with E-state index in [1.165, 1.54) is 0 Å². The van der Waals surface area contributed by atoms with Gasteiger partial charge in [-0.2, -0.15) is 5.26 Å². The Kier molecular flexibility index (Phi) is 3.66. The van der Waals surface area contributed by atoms with Crippen molar-refractivity contribution in [1.29, 1.82) is 5.26 Å². The molecular weight excluding hydrogens is 184 g/mol. The maximum atomic E-state index is 8.80. The molecule has 0 spiro atoms. The van der Waals surface area contributed by atoms with Gasteiger partial charge in [0.1, 0.15) is 0 Å². The van der Waals surface area contributed by atoms with Crippen LogP contribution in [0.25, 0.3) is 0 Å². The first-order valence-electron chi connectivity index (χ1n) is 4.75. The fourth-order valence-electron chi connectivity index (χ4n) is 1.29. The van der Waals surface area contributed by atoms with Crippen molar-refractivity contribution < 1.29 is 0 Å². The monoisotopic (exact) mass is 196 g/mol. The fraction of sp³-hybridized carbons (Fsp3) is 0.231. The van der Waals surface area contributed by atoms with Gasteiger partial charge in [-0.1, -0.05) is 5.92 Å². The van der Waals surface area contributed by atoms with Crippen LogP contribution in [0.15, 0.2) is 39.9 Å². The first-order valence-corrected chi connectivity index (χ1v) is 4.75. The number of nitriles is 1. The van der Waals surface area contributed by atoms with Gasteiger partial charge in [-0.05, 0) is 32.1 Å². The summed E-state index contributed by atoms with van der Waals surface area (Å²) in [5.41, 5.74) is 3.14. The molecule has 0 aromatic carbocycles. The Bertz CT molecular complexity index is 460. The van der Waals surface area contributed by atoms with Crippen molar-refractivity contribution >= 4 is 5.71 Å². The topological polar surface area (TPSA) is 36.1 Å². The summed E-state index contributed by atoms with van der Waals surface area (Å²) in [5.74, 6) is 2.58. The van der Waals surface area contributed by atoms with Gasteiger partial charge in [-0.3, -0.25) is 4.99 Å². The van der Waals surface area contributed by atoms with Crippen molar-refractivity contribution in [2.24, 2.45) is 4.99 Å². The van der Waals surface area contributed by atoms with E-state index in [4.69, 9.17) is 11.7 Å². The maximum Gasteiger partial charge on any atom is 0.0991 e. The predicted octanol–water partition coefficient (Wildman–Crippen LogP) is 2.42. The second-order valence-electron chi connectivity index (χ2n) is 3.09. The van der Waals surface area contributed by atoms with Crippen LogP contribution < -0.4 is 0 Å². The van der Waals surface area contributed by atoms with Gasteiger partial charge in [-0.25, -0.2) is 0 Å². The normalized spacial score (nSPS) is 20.5. The zero-order chi connectivity index (χ0) is 11.3. The lowest BCUT2D eigenvalue weighted by Crippen LogP contribution is -2.05. The lowest BCUT2D eigenvalue weighted by molar-refractivity contribution is 1.13. The molecule has 0 saturated heterocycles. The summed E-state index contributed by atoms with van der Waals surface area (Å²) in [4.78, 5) is 4.33. The highest BCUT2D eigenvalue weighted by atomic mass is 14.7. The molecule has 0 aliphatic heterocycles. The van der Waals surface area contributed by atoms with Crippen LogP contribution in [0.1, 0.15) is 13.8 Å². The van der Waals surface area contributed by atoms with E-state index in [1.807, 2.05) is 19.9 Å². The third kappa shape index (κ3) is 2.45. The molecule has 1 aliphatic carbocycles. The van der Waals surface area contributed by atoms with Gasteiger partial charge in [0.25, 0.3) is 0 Å². The zero-order valence-electron chi connectivity index (χ0n) is 8.91. The summed E-state index contributed by atoms with van der Waals surface area (Å²) in [5, 5.41) is 8.80. The lowest BCUT2D eigenvalue weighted by Gasteiger charge is -2.09. The average molecular weight is 196 g/mol. The molecular formula is C13H12N2. The highest BCUT2D eigenvalue weighted by Crippen LogP contribution is 2.17. The van der Waals surface area contributed by atoms with E-state index in [1.54, 1.807) is 12.2 Å². The Morgan fingerprint density at radius 1 is 1.53 bits per heavy atom. The molecule has 0 aromatic rings. The molecule has 0 N–H and O–H groups in total. The van der Waals surface area contributed by atoms with E-state index in [-0.39, 0.29) is 0 Å². The van der Waals surface area contributed by atoms with Gasteiger partial charge in [0.2, 0.25) is 0 Å². The van der Waals surface area contributed by atoms with E-state index in [0.717, 1.165) is 16.9 Å². The molecule has 0 aromatic heterocycles. The molecule has 0 radical (unpaired) electrons. The van der Waals surface area contributed by atoms with Crippen molar-refractivity contribution in [3.05, 3.63) is 34.9 Å². The van der Waals surface area contributed by atoms with Crippen molar-refractivity contribution in [3.63, 3.8) is 0 Å². The minimum Gasteiger partial charge on any atom is -0.285 e. The average Bonchev–Trinajstić information content (AvgIpc) is 2.29. The number of hydrogen-bond donors (Lipinski definition) is 0. The Balaban J connectivity index is 3.27. The molecule has 0 atom stereocenters. The van der Waals surface area contributed by atoms with E-state index in [2.05, 4.69) is 17.0 Å². The van der Waals surface area contributed by atoms with Crippen LogP contribution in [-0.4, -0.2) is 12.3 Å². The predicted molar refractivity (Wildman–Crippen MR) is 62.3 cm³/mol. The molecule has 0 amide bonds. The Morgan fingerprint density at radius 2 is 2.27 bits per heavy atom. The summed E-state index contributed by atoms with van der Waals surface area (Å²) in [6, 6.07) is 2.09. The molecule has 0 unspecified atom stereocenters. The second kappa shape index (κ2) is 4.98. The second-order valence-corrected chi connectivity index (χ2v) is 3.09. The van der Waals surface area contributed by atoms with Crippen molar-refractivity contribution in [2.75, 3.05) is 6.54 Å². The molecule has 0 heterocycles. The number of hydrogen-bond acceptors (Lipinski definition) is 2. The summed E-state index contributed by atoms with van der Waals surface area (Å²) in [7, 11) is 0. The van der Waals surface area contributed by atoms with Gasteiger partial charge >= 0.3 is 0 Å². The number of allylic oxidation sites excluding steroid dienone is 6. The quantitative estimate of drug-likeness (QED) is 0.593. The molecule has 2 heteroatoms. The molecule has 1 rings (SSSR count). The molecule has 0 saturated carbocycles. The molecule has 0 bridgehead atoms. The van der Waals surface area contributed by atoms with E-state index < -0.39 is 0 Å². The van der Waals surface area contributed by atoms with Gasteiger partial charge in [-0.15, -0.1) is 6.42 Å². The summed E-state index contributed by atoms with van der Waals surface area (Å²) >= 11 is 0. The van der Waals surface area contributed by atoms with Gasteiger partial charge in [0.05, 0.1) is 17.4 Å². The Labute approximate surface area is 90.3 Å². The summed E-state index contributed by atoms with van der Waals surface area (Å²) in [6.07, 6.45) is 10.7. The van der Waals surface area contributed by atoms with Crippen LogP contribution in [0, 0.1) is 23.7 Å².